The Morgan fingerprint density at radius 3 is 2.55 bits per heavy atom. The number of nitrogens with zero attached hydrogens (tertiary/aromatic N) is 2. The molecule has 0 spiro atoms. The van der Waals surface area contributed by atoms with Gasteiger partial charge in [-0.1, -0.05) is 46.9 Å². The summed E-state index contributed by atoms with van der Waals surface area (Å²) >= 11 is 18.8. The molecule has 1 amide bonds. The molecule has 0 saturated heterocycles. The van der Waals surface area contributed by atoms with E-state index in [4.69, 9.17) is 34.8 Å². The predicted molar refractivity (Wildman–Crippen MR) is 121 cm³/mol. The second kappa shape index (κ2) is 8.59. The van der Waals surface area contributed by atoms with E-state index >= 15 is 0 Å². The van der Waals surface area contributed by atoms with Crippen LogP contribution in [0.4, 0.5) is 5.82 Å². The van der Waals surface area contributed by atoms with E-state index < -0.39 is 11.7 Å². The molecule has 0 atom stereocenters. The van der Waals surface area contributed by atoms with E-state index in [1.807, 2.05) is 0 Å². The van der Waals surface area contributed by atoms with E-state index in [1.165, 1.54) is 18.3 Å². The van der Waals surface area contributed by atoms with Gasteiger partial charge < -0.3 is 15.0 Å². The minimum absolute atomic E-state index is 0.0221. The smallest absolute Gasteiger partial charge is 0.298 e. The van der Waals surface area contributed by atoms with Gasteiger partial charge in [-0.2, -0.15) is 0 Å². The highest BCUT2D eigenvalue weighted by molar-refractivity contribution is 6.51. The molecule has 4 aromatic rings. The number of pyridine rings is 1. The number of benzene rings is 2. The lowest BCUT2D eigenvalue weighted by Crippen LogP contribution is -2.23. The van der Waals surface area contributed by atoms with Gasteiger partial charge in [0.2, 0.25) is 0 Å². The number of amides is 1. The van der Waals surface area contributed by atoms with Crippen LogP contribution in [0.15, 0.2) is 60.8 Å². The van der Waals surface area contributed by atoms with Crippen molar-refractivity contribution in [3.05, 3.63) is 87.1 Å². The van der Waals surface area contributed by atoms with E-state index in [2.05, 4.69) is 10.3 Å². The first-order chi connectivity index (χ1) is 14.8. The quantitative estimate of drug-likeness (QED) is 0.292. The average molecular weight is 475 g/mol. The molecule has 0 aliphatic carbocycles. The molecule has 2 N–H and O–H groups in total. The van der Waals surface area contributed by atoms with Gasteiger partial charge in [0.15, 0.2) is 0 Å². The molecule has 156 valence electrons. The molecule has 4 rings (SSSR count). The van der Waals surface area contributed by atoms with Crippen molar-refractivity contribution in [2.75, 3.05) is 5.32 Å². The molecule has 0 fully saturated rings. The first-order valence-corrected chi connectivity index (χ1v) is 10.2. The number of phenolic OH excluding ortho intramolecular Hbond substituents is 1. The van der Waals surface area contributed by atoms with Gasteiger partial charge in [-0.3, -0.25) is 9.59 Å². The normalized spacial score (nSPS) is 10.9. The molecule has 2 aromatic carbocycles. The summed E-state index contributed by atoms with van der Waals surface area (Å²) in [5.74, 6) is -1.58. The molecule has 0 bridgehead atoms. The third-order valence-electron chi connectivity index (χ3n) is 4.67. The second-order valence-corrected chi connectivity index (χ2v) is 7.89. The van der Waals surface area contributed by atoms with Crippen LogP contribution in [0.25, 0.3) is 10.9 Å². The molecule has 0 unspecified atom stereocenters. The lowest BCUT2D eigenvalue weighted by atomic mass is 10.1. The molecular formula is C22H14Cl3N3O3. The molecule has 0 radical (unpaired) electrons. The second-order valence-electron chi connectivity index (χ2n) is 6.69. The van der Waals surface area contributed by atoms with Gasteiger partial charge in [-0.25, -0.2) is 4.98 Å². The van der Waals surface area contributed by atoms with Gasteiger partial charge in [0.1, 0.15) is 16.7 Å². The Hall–Kier alpha value is -3.06. The summed E-state index contributed by atoms with van der Waals surface area (Å²) in [6.45, 7) is 0.227. The molecule has 6 nitrogen and oxygen atoms in total. The summed E-state index contributed by atoms with van der Waals surface area (Å²) in [5, 5.41) is 13.7. The first kappa shape index (κ1) is 21.2. The minimum atomic E-state index is -0.896. The van der Waals surface area contributed by atoms with Crippen LogP contribution in [0.2, 0.25) is 15.2 Å². The van der Waals surface area contributed by atoms with E-state index in [0.717, 1.165) is 5.56 Å². The number of carbonyl (C=O) groups excluding carboxylic acids is 2. The minimum Gasteiger partial charge on any atom is -0.508 e. The monoisotopic (exact) mass is 473 g/mol. The maximum Gasteiger partial charge on any atom is 0.298 e. The number of aromatic hydroxyl groups is 1. The van der Waals surface area contributed by atoms with Crippen LogP contribution in [0.3, 0.4) is 0 Å². The number of phenols is 1. The molecule has 2 heterocycles. The van der Waals surface area contributed by atoms with Crippen molar-refractivity contribution < 1.29 is 14.7 Å². The largest absolute Gasteiger partial charge is 0.508 e. The maximum atomic E-state index is 13.0. The number of halogens is 3. The Balaban J connectivity index is 1.78. The summed E-state index contributed by atoms with van der Waals surface area (Å²) in [6, 6.07) is 14.5. The summed E-state index contributed by atoms with van der Waals surface area (Å²) in [7, 11) is 0. The Bertz CT molecular complexity index is 1320. The van der Waals surface area contributed by atoms with E-state index in [-0.39, 0.29) is 28.8 Å². The molecule has 0 aliphatic rings. The van der Waals surface area contributed by atoms with Gasteiger partial charge in [-0.05, 0) is 48.0 Å². The van der Waals surface area contributed by atoms with Crippen LogP contribution < -0.4 is 5.32 Å². The summed E-state index contributed by atoms with van der Waals surface area (Å²) in [6.07, 6.45) is 1.49. The number of ketones is 1. The fourth-order valence-corrected chi connectivity index (χ4v) is 4.03. The predicted octanol–water partition coefficient (Wildman–Crippen LogP) is 5.57. The number of nitrogens with one attached hydrogen (secondary N) is 1. The van der Waals surface area contributed by atoms with Gasteiger partial charge >= 0.3 is 0 Å². The van der Waals surface area contributed by atoms with Crippen molar-refractivity contribution >= 4 is 63.2 Å². The lowest BCUT2D eigenvalue weighted by molar-refractivity contribution is -0.112. The Labute approximate surface area is 192 Å². The van der Waals surface area contributed by atoms with Gasteiger partial charge in [0.05, 0.1) is 17.6 Å². The highest BCUT2D eigenvalue weighted by atomic mass is 35.5. The van der Waals surface area contributed by atoms with E-state index in [1.54, 1.807) is 47.0 Å². The van der Waals surface area contributed by atoms with Crippen LogP contribution in [-0.2, 0) is 11.3 Å². The zero-order valence-corrected chi connectivity index (χ0v) is 18.0. The van der Waals surface area contributed by atoms with Crippen LogP contribution >= 0.6 is 34.8 Å². The number of Topliss-reactive ketones (excluding diaryl/α,β-unsaturated/α-hetero) is 1. The van der Waals surface area contributed by atoms with Crippen molar-refractivity contribution in [2.24, 2.45) is 0 Å². The summed E-state index contributed by atoms with van der Waals surface area (Å²) in [5.41, 5.74) is 1.25. The van der Waals surface area contributed by atoms with Crippen LogP contribution in [0.1, 0.15) is 15.9 Å². The van der Waals surface area contributed by atoms with E-state index in [9.17, 15) is 14.7 Å². The van der Waals surface area contributed by atoms with E-state index in [0.29, 0.717) is 20.9 Å². The molecule has 0 saturated carbocycles. The van der Waals surface area contributed by atoms with Crippen LogP contribution in [0, 0.1) is 0 Å². The highest BCUT2D eigenvalue weighted by Gasteiger charge is 2.27. The number of aromatic nitrogens is 2. The Morgan fingerprint density at radius 1 is 1.03 bits per heavy atom. The number of hydrogen-bond acceptors (Lipinski definition) is 4. The van der Waals surface area contributed by atoms with Crippen molar-refractivity contribution in [1.29, 1.82) is 0 Å². The van der Waals surface area contributed by atoms with Crippen molar-refractivity contribution in [3.63, 3.8) is 0 Å². The Morgan fingerprint density at radius 2 is 1.84 bits per heavy atom. The number of carbonyl (C=O) groups is 2. The number of hydrogen-bond donors (Lipinski definition) is 2. The maximum absolute atomic E-state index is 13.0. The summed E-state index contributed by atoms with van der Waals surface area (Å²) < 4.78 is 1.65. The zero-order valence-electron chi connectivity index (χ0n) is 15.8. The molecule has 9 heteroatoms. The number of anilines is 1. The summed E-state index contributed by atoms with van der Waals surface area (Å²) in [4.78, 5) is 29.6. The standard InChI is InChI=1S/C22H14Cl3N3O3/c23-13-5-4-12(16(24)9-13)11-28-17-7-6-14(29)10-15(17)19(21(28)25)20(30)22(31)27-18-3-1-2-8-26-18/h1-10,29H,11H2,(H,26,27,31). The molecule has 2 aromatic heterocycles. The van der Waals surface area contributed by atoms with Crippen molar-refractivity contribution in [3.8, 4) is 5.75 Å². The van der Waals surface area contributed by atoms with Crippen LogP contribution in [-0.4, -0.2) is 26.3 Å². The van der Waals surface area contributed by atoms with Gasteiger partial charge in [0, 0.05) is 21.6 Å². The molecular weight excluding hydrogens is 461 g/mol. The molecule has 0 aliphatic heterocycles. The number of rotatable bonds is 5. The van der Waals surface area contributed by atoms with Crippen LogP contribution in [0.5, 0.6) is 5.75 Å². The molecule has 31 heavy (non-hydrogen) atoms. The average Bonchev–Trinajstić information content (AvgIpc) is 3.00. The van der Waals surface area contributed by atoms with Crippen molar-refractivity contribution in [1.82, 2.24) is 9.55 Å². The highest BCUT2D eigenvalue weighted by Crippen LogP contribution is 2.34. The third kappa shape index (κ3) is 4.23. The fourth-order valence-electron chi connectivity index (χ4n) is 3.23. The van der Waals surface area contributed by atoms with Gasteiger partial charge in [-0.15, -0.1) is 0 Å². The zero-order chi connectivity index (χ0) is 22.1. The van der Waals surface area contributed by atoms with Crippen molar-refractivity contribution in [2.45, 2.75) is 6.54 Å². The van der Waals surface area contributed by atoms with Gasteiger partial charge in [0.25, 0.3) is 11.7 Å². The third-order valence-corrected chi connectivity index (χ3v) is 5.65. The fraction of sp³-hybridized carbons (Fsp3) is 0.0455. The number of fused-ring (bicyclic) bond motifs is 1. The SMILES string of the molecule is O=C(Nc1ccccn1)C(=O)c1c(Cl)n(Cc2ccc(Cl)cc2Cl)c2ccc(O)cc12. The Kier molecular flexibility index (Phi) is 5.87. The topological polar surface area (TPSA) is 84.2 Å². The lowest BCUT2D eigenvalue weighted by Gasteiger charge is -2.10. The first-order valence-electron chi connectivity index (χ1n) is 9.06.